The number of terminal acetylenes is 1. The number of nitrogens with zero attached hydrogens (tertiary/aromatic N) is 1. The number of benzene rings is 1. The van der Waals surface area contributed by atoms with Crippen LogP contribution in [-0.2, 0) is 14.6 Å². The number of rotatable bonds is 5. The van der Waals surface area contributed by atoms with Crippen LogP contribution in [0.5, 0.6) is 5.75 Å². The molecule has 0 fully saturated rings. The Morgan fingerprint density at radius 3 is 2.78 bits per heavy atom. The zero-order valence-corrected chi connectivity index (χ0v) is 13.4. The maximum atomic E-state index is 12.1. The number of methoxy groups -OCH3 is 1. The van der Waals surface area contributed by atoms with E-state index >= 15 is 0 Å². The van der Waals surface area contributed by atoms with E-state index in [1.165, 1.54) is 13.2 Å². The Morgan fingerprint density at radius 1 is 1.39 bits per heavy atom. The predicted octanol–water partition coefficient (Wildman–Crippen LogP) is 1.38. The minimum atomic E-state index is -3.57. The van der Waals surface area contributed by atoms with Gasteiger partial charge in [0.1, 0.15) is 16.4 Å². The summed E-state index contributed by atoms with van der Waals surface area (Å²) in [5, 5.41) is 3.93. The van der Waals surface area contributed by atoms with Crippen LogP contribution in [0, 0.1) is 12.3 Å². The highest BCUT2D eigenvalue weighted by Crippen LogP contribution is 2.26. The highest BCUT2D eigenvalue weighted by Gasteiger charge is 2.18. The molecule has 0 atom stereocenters. The van der Waals surface area contributed by atoms with Crippen molar-refractivity contribution >= 4 is 27.5 Å². The highest BCUT2D eigenvalue weighted by molar-refractivity contribution is 7.91. The largest absolute Gasteiger partial charge is 0.495 e. The summed E-state index contributed by atoms with van der Waals surface area (Å²) in [6, 6.07) is 4.74. The lowest BCUT2D eigenvalue weighted by Crippen LogP contribution is -2.24. The van der Waals surface area contributed by atoms with Gasteiger partial charge in [0.25, 0.3) is 0 Å². The molecule has 0 aliphatic carbocycles. The Labute approximate surface area is 135 Å². The Hall–Kier alpha value is -2.59. The van der Waals surface area contributed by atoms with Crippen molar-refractivity contribution in [3.05, 3.63) is 29.8 Å². The van der Waals surface area contributed by atoms with Crippen LogP contribution in [0.4, 0.5) is 0 Å². The van der Waals surface area contributed by atoms with Gasteiger partial charge >= 0.3 is 0 Å². The molecule has 1 aliphatic heterocycles. The first-order valence-electron chi connectivity index (χ1n) is 6.84. The molecule has 0 saturated heterocycles. The number of nitrogens with one attached hydrogen (secondary N) is 1. The van der Waals surface area contributed by atoms with Gasteiger partial charge in [-0.25, -0.2) is 13.8 Å². The fourth-order valence-corrected chi connectivity index (χ4v) is 3.13. The van der Waals surface area contributed by atoms with Gasteiger partial charge in [0, 0.05) is 12.8 Å². The van der Waals surface area contributed by atoms with E-state index in [1.807, 2.05) is 0 Å². The van der Waals surface area contributed by atoms with Gasteiger partial charge in [-0.05, 0) is 23.8 Å². The van der Waals surface area contributed by atoms with Crippen molar-refractivity contribution in [3.8, 4) is 18.1 Å². The van der Waals surface area contributed by atoms with Gasteiger partial charge in [-0.2, -0.15) is 5.10 Å². The molecule has 0 spiro atoms. The van der Waals surface area contributed by atoms with E-state index < -0.39 is 9.84 Å². The van der Waals surface area contributed by atoms with Crippen molar-refractivity contribution in [2.24, 2.45) is 5.10 Å². The summed E-state index contributed by atoms with van der Waals surface area (Å²) < 4.78 is 29.3. The number of hydrogen-bond donors (Lipinski definition) is 1. The minimum absolute atomic E-state index is 0.0670. The summed E-state index contributed by atoms with van der Waals surface area (Å²) in [6.07, 6.45) is 9.59. The maximum absolute atomic E-state index is 12.1. The summed E-state index contributed by atoms with van der Waals surface area (Å²) in [6.45, 7) is 0. The molecule has 1 amide bonds. The molecular weight excluding hydrogens is 316 g/mol. The Kier molecular flexibility index (Phi) is 5.19. The topological polar surface area (TPSA) is 84.8 Å². The molecule has 0 saturated carbocycles. The Morgan fingerprint density at radius 2 is 2.17 bits per heavy atom. The minimum Gasteiger partial charge on any atom is -0.495 e. The van der Waals surface area contributed by atoms with Crippen LogP contribution < -0.4 is 10.2 Å². The predicted molar refractivity (Wildman–Crippen MR) is 87.7 cm³/mol. The molecule has 1 heterocycles. The second kappa shape index (κ2) is 7.11. The van der Waals surface area contributed by atoms with Gasteiger partial charge in [-0.15, -0.1) is 6.42 Å². The average molecular weight is 332 g/mol. The lowest BCUT2D eigenvalue weighted by atomic mass is 10.1. The number of sulfone groups is 1. The van der Waals surface area contributed by atoms with Crippen LogP contribution in [0.25, 0.3) is 6.08 Å². The van der Waals surface area contributed by atoms with Crippen LogP contribution in [0.1, 0.15) is 18.4 Å². The van der Waals surface area contributed by atoms with Gasteiger partial charge in [0.2, 0.25) is 5.91 Å². The number of carbonyl (C=O) groups excluding carboxylic acids is 1. The molecule has 0 aromatic heterocycles. The molecule has 0 unspecified atom stereocenters. The fraction of sp³-hybridized carbons (Fsp3) is 0.250. The Bertz CT molecular complexity index is 817. The third-order valence-electron chi connectivity index (χ3n) is 3.20. The van der Waals surface area contributed by atoms with Gasteiger partial charge in [0.15, 0.2) is 9.84 Å². The molecule has 1 N–H and O–H groups in total. The van der Waals surface area contributed by atoms with Crippen molar-refractivity contribution in [1.82, 2.24) is 5.43 Å². The first kappa shape index (κ1) is 16.8. The van der Waals surface area contributed by atoms with Crippen molar-refractivity contribution < 1.29 is 17.9 Å². The molecule has 1 aromatic rings. The van der Waals surface area contributed by atoms with E-state index in [0.29, 0.717) is 12.8 Å². The van der Waals surface area contributed by atoms with Gasteiger partial charge in [-0.1, -0.05) is 18.1 Å². The van der Waals surface area contributed by atoms with Crippen LogP contribution in [0.3, 0.4) is 0 Å². The number of allylic oxidation sites excluding steroid dienone is 1. The van der Waals surface area contributed by atoms with E-state index in [1.54, 1.807) is 24.3 Å². The van der Waals surface area contributed by atoms with Crippen LogP contribution in [0.15, 0.2) is 34.3 Å². The molecule has 0 bridgehead atoms. The highest BCUT2D eigenvalue weighted by atomic mass is 32.2. The van der Waals surface area contributed by atoms with Crippen molar-refractivity contribution in [3.63, 3.8) is 0 Å². The number of ether oxygens (including phenoxy) is 1. The molecule has 120 valence electrons. The fourth-order valence-electron chi connectivity index (χ4n) is 2.03. The number of amides is 1. The monoisotopic (exact) mass is 332 g/mol. The normalized spacial score (nSPS) is 15.0. The molecule has 6 nitrogen and oxygen atoms in total. The van der Waals surface area contributed by atoms with Crippen LogP contribution in [0.2, 0.25) is 0 Å². The molecule has 23 heavy (non-hydrogen) atoms. The second-order valence-electron chi connectivity index (χ2n) is 4.84. The third-order valence-corrected chi connectivity index (χ3v) is 4.75. The summed E-state index contributed by atoms with van der Waals surface area (Å²) >= 11 is 0. The maximum Gasteiger partial charge on any atom is 0.240 e. The summed E-state index contributed by atoms with van der Waals surface area (Å²) in [5.41, 5.74) is 3.90. The lowest BCUT2D eigenvalue weighted by molar-refractivity contribution is -0.121. The summed E-state index contributed by atoms with van der Waals surface area (Å²) in [5.74, 6) is 1.89. The summed E-state index contributed by atoms with van der Waals surface area (Å²) in [7, 11) is -2.17. The SMILES string of the molecule is C#CCS(=O)(=O)c1ccc(C=CC2=NNC(=O)CC2)cc1OC. The zero-order chi connectivity index (χ0) is 16.9. The molecular formula is C16H16N2O4S. The Balaban J connectivity index is 2.26. The van der Waals surface area contributed by atoms with Gasteiger partial charge in [-0.3, -0.25) is 4.79 Å². The first-order valence-corrected chi connectivity index (χ1v) is 8.49. The standard InChI is InChI=1S/C16H16N2O4S/c1-3-10-23(20,21)15-8-5-12(11-14(15)22-2)4-6-13-7-9-16(19)18-17-13/h1,4-6,8,11H,7,9-10H2,2H3,(H,18,19). The number of carbonyl (C=O) groups is 1. The van der Waals surface area contributed by atoms with E-state index in [2.05, 4.69) is 16.4 Å². The van der Waals surface area contributed by atoms with E-state index in [-0.39, 0.29) is 22.3 Å². The van der Waals surface area contributed by atoms with Crippen LogP contribution >= 0.6 is 0 Å². The van der Waals surface area contributed by atoms with Crippen molar-refractivity contribution in [2.75, 3.05) is 12.9 Å². The van der Waals surface area contributed by atoms with E-state index in [0.717, 1.165) is 11.3 Å². The third kappa shape index (κ3) is 4.20. The van der Waals surface area contributed by atoms with Gasteiger partial charge < -0.3 is 4.74 Å². The van der Waals surface area contributed by atoms with Crippen molar-refractivity contribution in [1.29, 1.82) is 0 Å². The number of hydrazone groups is 1. The zero-order valence-electron chi connectivity index (χ0n) is 12.6. The van der Waals surface area contributed by atoms with Crippen molar-refractivity contribution in [2.45, 2.75) is 17.7 Å². The quantitative estimate of drug-likeness (QED) is 0.826. The summed E-state index contributed by atoms with van der Waals surface area (Å²) in [4.78, 5) is 11.1. The van der Waals surface area contributed by atoms with Gasteiger partial charge in [0.05, 0.1) is 12.8 Å². The second-order valence-corrected chi connectivity index (χ2v) is 6.80. The average Bonchev–Trinajstić information content (AvgIpc) is 2.54. The van der Waals surface area contributed by atoms with E-state index in [9.17, 15) is 13.2 Å². The number of hydrogen-bond acceptors (Lipinski definition) is 5. The van der Waals surface area contributed by atoms with Crippen LogP contribution in [-0.4, -0.2) is 32.9 Å². The molecule has 7 heteroatoms. The van der Waals surface area contributed by atoms with E-state index in [4.69, 9.17) is 11.2 Å². The lowest BCUT2D eigenvalue weighted by Gasteiger charge is -2.10. The smallest absolute Gasteiger partial charge is 0.240 e. The first-order chi connectivity index (χ1) is 11.0. The molecule has 0 radical (unpaired) electrons. The molecule has 1 aliphatic rings. The molecule has 1 aromatic carbocycles. The molecule has 2 rings (SSSR count).